The minimum Gasteiger partial charge on any atom is -0.478 e. The average molecular weight is 470 g/mol. The quantitative estimate of drug-likeness (QED) is 0.315. The van der Waals surface area contributed by atoms with Crippen molar-refractivity contribution in [2.75, 3.05) is 11.1 Å². The average Bonchev–Trinajstić information content (AvgIpc) is 2.77. The van der Waals surface area contributed by atoms with Gasteiger partial charge in [0.25, 0.3) is 5.91 Å². The number of carboxylic acids is 2. The highest BCUT2D eigenvalue weighted by Gasteiger charge is 2.19. The first kappa shape index (κ1) is 23.1. The first-order valence-electron chi connectivity index (χ1n) is 9.19. The number of amides is 1. The first-order chi connectivity index (χ1) is 15.3. The standard InChI is InChI=1S/C23H16ClNO6S/c24-19-7-2-1-6-17(19)20(26)12-32-15-5-3-4-14(11-15)25-21(27)16-9-8-13(22(28)29)10-18(16)23(30)31/h1-11H,12H2,(H,25,27)(H,28,29)(H,30,31). The van der Waals surface area contributed by atoms with Crippen LogP contribution in [-0.4, -0.2) is 39.6 Å². The van der Waals surface area contributed by atoms with Gasteiger partial charge in [0.05, 0.1) is 27.5 Å². The fourth-order valence-corrected chi connectivity index (χ4v) is 3.91. The molecule has 9 heteroatoms. The van der Waals surface area contributed by atoms with Gasteiger partial charge in [0.2, 0.25) is 0 Å². The number of Topliss-reactive ketones (excluding diaryl/α,β-unsaturated/α-hetero) is 1. The van der Waals surface area contributed by atoms with E-state index >= 15 is 0 Å². The topological polar surface area (TPSA) is 121 Å². The van der Waals surface area contributed by atoms with Gasteiger partial charge in [-0.3, -0.25) is 9.59 Å². The van der Waals surface area contributed by atoms with Gasteiger partial charge in [-0.2, -0.15) is 0 Å². The third kappa shape index (κ3) is 5.54. The van der Waals surface area contributed by atoms with Crippen LogP contribution in [0.2, 0.25) is 5.02 Å². The van der Waals surface area contributed by atoms with E-state index in [0.29, 0.717) is 21.2 Å². The summed E-state index contributed by atoms with van der Waals surface area (Å²) in [6, 6.07) is 16.7. The molecule has 162 valence electrons. The molecule has 0 spiro atoms. The van der Waals surface area contributed by atoms with Gasteiger partial charge in [-0.1, -0.05) is 29.8 Å². The van der Waals surface area contributed by atoms with Crippen molar-refractivity contribution in [1.29, 1.82) is 0 Å². The number of halogens is 1. The molecule has 0 aliphatic carbocycles. The van der Waals surface area contributed by atoms with E-state index in [4.69, 9.17) is 16.7 Å². The molecule has 0 aliphatic rings. The summed E-state index contributed by atoms with van der Waals surface area (Å²) < 4.78 is 0. The van der Waals surface area contributed by atoms with Gasteiger partial charge in [0.15, 0.2) is 5.78 Å². The molecule has 1 amide bonds. The van der Waals surface area contributed by atoms with Crippen LogP contribution in [0, 0.1) is 0 Å². The number of thioether (sulfide) groups is 1. The lowest BCUT2D eigenvalue weighted by Gasteiger charge is -2.10. The number of hydrogen-bond donors (Lipinski definition) is 3. The van der Waals surface area contributed by atoms with Crippen LogP contribution >= 0.6 is 23.4 Å². The molecule has 0 unspecified atom stereocenters. The molecule has 0 saturated carbocycles. The molecule has 32 heavy (non-hydrogen) atoms. The first-order valence-corrected chi connectivity index (χ1v) is 10.5. The number of hydrogen-bond acceptors (Lipinski definition) is 5. The van der Waals surface area contributed by atoms with E-state index in [-0.39, 0.29) is 22.7 Å². The summed E-state index contributed by atoms with van der Waals surface area (Å²) in [5.74, 6) is -3.41. The second-order valence-corrected chi connectivity index (χ2v) is 8.00. The van der Waals surface area contributed by atoms with Crippen molar-refractivity contribution in [1.82, 2.24) is 0 Å². The van der Waals surface area contributed by atoms with Crippen LogP contribution in [0.15, 0.2) is 71.6 Å². The maximum Gasteiger partial charge on any atom is 0.336 e. The molecule has 7 nitrogen and oxygen atoms in total. The molecule has 3 rings (SSSR count). The predicted octanol–water partition coefficient (Wildman–Crippen LogP) is 4.96. The Bertz CT molecular complexity index is 1230. The Morgan fingerprint density at radius 1 is 0.812 bits per heavy atom. The van der Waals surface area contributed by atoms with Crippen molar-refractivity contribution < 1.29 is 29.4 Å². The molecule has 0 radical (unpaired) electrons. The maximum absolute atomic E-state index is 12.6. The van der Waals surface area contributed by atoms with Crippen LogP contribution in [0.1, 0.15) is 41.4 Å². The van der Waals surface area contributed by atoms with Crippen molar-refractivity contribution in [3.8, 4) is 0 Å². The zero-order valence-corrected chi connectivity index (χ0v) is 17.9. The van der Waals surface area contributed by atoms with Crippen LogP contribution in [0.5, 0.6) is 0 Å². The molecular formula is C23H16ClNO6S. The molecule has 0 saturated heterocycles. The Morgan fingerprint density at radius 2 is 1.56 bits per heavy atom. The lowest BCUT2D eigenvalue weighted by molar-refractivity contribution is 0.0692. The van der Waals surface area contributed by atoms with Gasteiger partial charge in [0.1, 0.15) is 0 Å². The third-order valence-corrected chi connectivity index (χ3v) is 5.70. The Labute approximate surface area is 192 Å². The van der Waals surface area contributed by atoms with Gasteiger partial charge in [-0.25, -0.2) is 9.59 Å². The monoisotopic (exact) mass is 469 g/mol. The van der Waals surface area contributed by atoms with Crippen LogP contribution in [0.25, 0.3) is 0 Å². The van der Waals surface area contributed by atoms with Gasteiger partial charge in [-0.15, -0.1) is 11.8 Å². The van der Waals surface area contributed by atoms with E-state index in [1.807, 2.05) is 0 Å². The van der Waals surface area contributed by atoms with Crippen molar-refractivity contribution >= 4 is 52.7 Å². The van der Waals surface area contributed by atoms with Crippen LogP contribution in [0.4, 0.5) is 5.69 Å². The smallest absolute Gasteiger partial charge is 0.336 e. The van der Waals surface area contributed by atoms with E-state index in [1.165, 1.54) is 11.8 Å². The Hall–Kier alpha value is -3.62. The van der Waals surface area contributed by atoms with Gasteiger partial charge in [0, 0.05) is 16.1 Å². The Morgan fingerprint density at radius 3 is 2.25 bits per heavy atom. The zero-order chi connectivity index (χ0) is 23.3. The fraction of sp³-hybridized carbons (Fsp3) is 0.0435. The second-order valence-electron chi connectivity index (χ2n) is 6.54. The molecule has 3 aromatic rings. The molecular weight excluding hydrogens is 454 g/mol. The van der Waals surface area contributed by atoms with Crippen molar-refractivity contribution in [2.45, 2.75) is 4.90 Å². The molecule has 0 fully saturated rings. The molecule has 0 aromatic heterocycles. The zero-order valence-electron chi connectivity index (χ0n) is 16.4. The summed E-state index contributed by atoms with van der Waals surface area (Å²) >= 11 is 7.32. The number of aromatic carboxylic acids is 2. The SMILES string of the molecule is O=C(O)c1ccc(C(=O)Nc2cccc(SCC(=O)c3ccccc3Cl)c2)c(C(=O)O)c1. The Kier molecular flexibility index (Phi) is 7.29. The summed E-state index contributed by atoms with van der Waals surface area (Å²) in [7, 11) is 0. The number of anilines is 1. The van der Waals surface area contributed by atoms with E-state index in [9.17, 15) is 24.3 Å². The van der Waals surface area contributed by atoms with E-state index in [2.05, 4.69) is 5.32 Å². The normalized spacial score (nSPS) is 10.4. The number of carboxylic acid groups (broad SMARTS) is 2. The van der Waals surface area contributed by atoms with Gasteiger partial charge >= 0.3 is 11.9 Å². The minimum atomic E-state index is -1.42. The summed E-state index contributed by atoms with van der Waals surface area (Å²) in [6.45, 7) is 0. The number of carbonyl (C=O) groups is 4. The number of benzene rings is 3. The molecule has 0 aliphatic heterocycles. The predicted molar refractivity (Wildman–Crippen MR) is 121 cm³/mol. The molecule has 0 heterocycles. The minimum absolute atomic E-state index is 0.139. The van der Waals surface area contributed by atoms with Crippen LogP contribution in [0.3, 0.4) is 0 Å². The van der Waals surface area contributed by atoms with E-state index < -0.39 is 23.4 Å². The maximum atomic E-state index is 12.6. The fourth-order valence-electron chi connectivity index (χ4n) is 2.83. The summed E-state index contributed by atoms with van der Waals surface area (Å²) in [6.07, 6.45) is 0. The lowest BCUT2D eigenvalue weighted by atomic mass is 10.0. The van der Waals surface area contributed by atoms with E-state index in [1.54, 1.807) is 48.5 Å². The van der Waals surface area contributed by atoms with Gasteiger partial charge in [-0.05, 0) is 48.5 Å². The molecule has 0 atom stereocenters. The number of ketones is 1. The Balaban J connectivity index is 1.73. The van der Waals surface area contributed by atoms with Crippen LogP contribution in [-0.2, 0) is 0 Å². The molecule has 3 aromatic carbocycles. The van der Waals surface area contributed by atoms with Gasteiger partial charge < -0.3 is 15.5 Å². The molecule has 3 N–H and O–H groups in total. The third-order valence-electron chi connectivity index (χ3n) is 4.38. The largest absolute Gasteiger partial charge is 0.478 e. The van der Waals surface area contributed by atoms with Crippen molar-refractivity contribution in [3.63, 3.8) is 0 Å². The highest BCUT2D eigenvalue weighted by molar-refractivity contribution is 8.00. The van der Waals surface area contributed by atoms with E-state index in [0.717, 1.165) is 18.2 Å². The van der Waals surface area contributed by atoms with Crippen molar-refractivity contribution in [3.05, 3.63) is 94.0 Å². The summed E-state index contributed by atoms with van der Waals surface area (Å²) in [5, 5.41) is 21.4. The summed E-state index contributed by atoms with van der Waals surface area (Å²) in [4.78, 5) is 48.3. The second kappa shape index (κ2) is 10.1. The summed E-state index contributed by atoms with van der Waals surface area (Å²) in [5.41, 5.74) is -0.00534. The highest BCUT2D eigenvalue weighted by Crippen LogP contribution is 2.25. The van der Waals surface area contributed by atoms with Crippen LogP contribution < -0.4 is 5.32 Å². The highest BCUT2D eigenvalue weighted by atomic mass is 35.5. The van der Waals surface area contributed by atoms with Crippen molar-refractivity contribution in [2.24, 2.45) is 0 Å². The molecule has 0 bridgehead atoms. The number of carbonyl (C=O) groups excluding carboxylic acids is 2. The lowest BCUT2D eigenvalue weighted by Crippen LogP contribution is -2.17. The number of nitrogens with one attached hydrogen (secondary N) is 1. The number of rotatable bonds is 8.